The molecule has 4 N–H and O–H groups in total. The first kappa shape index (κ1) is 14.7. The standard InChI is InChI=1S/C12H18N4O3S/c13-10(11(18)19)8-7-20-12(15-8)14-4-3-9(17)16-5-1-2-6-16/h7,10H,1-6,13H2,(H,14,15)(H,18,19). The second-order valence-electron chi connectivity index (χ2n) is 4.66. The van der Waals surface area contributed by atoms with Crippen molar-refractivity contribution in [3.63, 3.8) is 0 Å². The number of carboxylic acid groups (broad SMARTS) is 1. The molecule has 0 spiro atoms. The topological polar surface area (TPSA) is 109 Å². The number of likely N-dealkylation sites (tertiary alicyclic amines) is 1. The highest BCUT2D eigenvalue weighted by Crippen LogP contribution is 2.19. The first-order valence-corrected chi connectivity index (χ1v) is 7.41. The molecule has 2 heterocycles. The third-order valence-electron chi connectivity index (χ3n) is 3.18. The number of aromatic nitrogens is 1. The molecular weight excluding hydrogens is 280 g/mol. The van der Waals surface area contributed by atoms with Gasteiger partial charge in [0.05, 0.1) is 5.69 Å². The third kappa shape index (κ3) is 3.67. The van der Waals surface area contributed by atoms with Gasteiger partial charge in [0.2, 0.25) is 5.91 Å². The van der Waals surface area contributed by atoms with Crippen LogP contribution in [0, 0.1) is 0 Å². The third-order valence-corrected chi connectivity index (χ3v) is 4.00. The molecule has 1 aliphatic heterocycles. The molecule has 1 aromatic heterocycles. The molecule has 1 saturated heterocycles. The lowest BCUT2D eigenvalue weighted by Crippen LogP contribution is -2.29. The molecule has 110 valence electrons. The van der Waals surface area contributed by atoms with Crippen molar-refractivity contribution in [1.29, 1.82) is 0 Å². The Kier molecular flexibility index (Phi) is 4.91. The summed E-state index contributed by atoms with van der Waals surface area (Å²) in [7, 11) is 0. The average molecular weight is 298 g/mol. The molecule has 0 bridgehead atoms. The van der Waals surface area contributed by atoms with Crippen LogP contribution >= 0.6 is 11.3 Å². The fraction of sp³-hybridized carbons (Fsp3) is 0.583. The molecule has 1 unspecified atom stereocenters. The molecule has 2 rings (SSSR count). The Morgan fingerprint density at radius 1 is 1.50 bits per heavy atom. The average Bonchev–Trinajstić information content (AvgIpc) is 3.09. The Labute approximate surface area is 120 Å². The van der Waals surface area contributed by atoms with Gasteiger partial charge in [0, 0.05) is 31.4 Å². The number of nitrogens with one attached hydrogen (secondary N) is 1. The van der Waals surface area contributed by atoms with Gasteiger partial charge in [-0.05, 0) is 12.8 Å². The zero-order chi connectivity index (χ0) is 14.5. The number of aliphatic carboxylic acids is 1. The summed E-state index contributed by atoms with van der Waals surface area (Å²) in [6, 6.07) is -1.10. The van der Waals surface area contributed by atoms with Gasteiger partial charge in [-0.1, -0.05) is 0 Å². The van der Waals surface area contributed by atoms with E-state index in [1.54, 1.807) is 5.38 Å². The van der Waals surface area contributed by atoms with Crippen LogP contribution in [-0.2, 0) is 9.59 Å². The maximum atomic E-state index is 11.8. The fourth-order valence-electron chi connectivity index (χ4n) is 2.04. The van der Waals surface area contributed by atoms with Crippen LogP contribution in [0.4, 0.5) is 5.13 Å². The van der Waals surface area contributed by atoms with E-state index in [0.29, 0.717) is 23.8 Å². The largest absolute Gasteiger partial charge is 0.480 e. The van der Waals surface area contributed by atoms with Crippen LogP contribution < -0.4 is 11.1 Å². The Balaban J connectivity index is 1.76. The van der Waals surface area contributed by atoms with Gasteiger partial charge < -0.3 is 21.1 Å². The van der Waals surface area contributed by atoms with E-state index >= 15 is 0 Å². The van der Waals surface area contributed by atoms with Crippen LogP contribution in [-0.4, -0.2) is 46.5 Å². The lowest BCUT2D eigenvalue weighted by atomic mass is 10.2. The maximum absolute atomic E-state index is 11.8. The van der Waals surface area contributed by atoms with E-state index in [1.807, 2.05) is 4.90 Å². The number of carbonyl (C=O) groups is 2. The molecule has 0 aromatic carbocycles. The molecule has 1 atom stereocenters. The fourth-order valence-corrected chi connectivity index (χ4v) is 2.81. The summed E-state index contributed by atoms with van der Waals surface area (Å²) in [5.41, 5.74) is 5.80. The molecule has 1 amide bonds. The van der Waals surface area contributed by atoms with Gasteiger partial charge in [-0.3, -0.25) is 9.59 Å². The lowest BCUT2D eigenvalue weighted by Gasteiger charge is -2.14. The van der Waals surface area contributed by atoms with Gasteiger partial charge in [0.15, 0.2) is 5.13 Å². The van der Waals surface area contributed by atoms with Gasteiger partial charge in [-0.15, -0.1) is 11.3 Å². The van der Waals surface area contributed by atoms with Crippen molar-refractivity contribution in [2.45, 2.75) is 25.3 Å². The van der Waals surface area contributed by atoms with Gasteiger partial charge >= 0.3 is 5.97 Å². The highest BCUT2D eigenvalue weighted by Gasteiger charge is 2.19. The predicted molar refractivity (Wildman–Crippen MR) is 75.6 cm³/mol. The van der Waals surface area contributed by atoms with E-state index in [9.17, 15) is 9.59 Å². The monoisotopic (exact) mass is 298 g/mol. The van der Waals surface area contributed by atoms with Gasteiger partial charge in [-0.2, -0.15) is 0 Å². The number of amides is 1. The molecule has 0 aliphatic carbocycles. The quantitative estimate of drug-likeness (QED) is 0.711. The minimum atomic E-state index is -1.11. The molecular formula is C12H18N4O3S. The van der Waals surface area contributed by atoms with E-state index < -0.39 is 12.0 Å². The first-order valence-electron chi connectivity index (χ1n) is 6.53. The van der Waals surface area contributed by atoms with Crippen molar-refractivity contribution >= 4 is 28.3 Å². The number of hydrogen-bond acceptors (Lipinski definition) is 6. The molecule has 1 fully saturated rings. The maximum Gasteiger partial charge on any atom is 0.326 e. The lowest BCUT2D eigenvalue weighted by molar-refractivity contribution is -0.138. The van der Waals surface area contributed by atoms with Crippen molar-refractivity contribution in [3.05, 3.63) is 11.1 Å². The SMILES string of the molecule is NC(C(=O)O)c1csc(NCCC(=O)N2CCCC2)n1. The number of carboxylic acids is 1. The highest BCUT2D eigenvalue weighted by molar-refractivity contribution is 7.13. The van der Waals surface area contributed by atoms with Gasteiger partial charge in [-0.25, -0.2) is 4.98 Å². The van der Waals surface area contributed by atoms with Crippen molar-refractivity contribution in [2.24, 2.45) is 5.73 Å². The Hall–Kier alpha value is -1.67. The summed E-state index contributed by atoms with van der Waals surface area (Å²) in [6.45, 7) is 2.20. The number of hydrogen-bond donors (Lipinski definition) is 3. The Morgan fingerprint density at radius 3 is 2.85 bits per heavy atom. The highest BCUT2D eigenvalue weighted by atomic mass is 32.1. The van der Waals surface area contributed by atoms with Gasteiger partial charge in [0.25, 0.3) is 0 Å². The smallest absolute Gasteiger partial charge is 0.326 e. The van der Waals surface area contributed by atoms with Crippen molar-refractivity contribution in [3.8, 4) is 0 Å². The first-order chi connectivity index (χ1) is 9.58. The molecule has 1 aliphatic rings. The summed E-state index contributed by atoms with van der Waals surface area (Å²) in [5.74, 6) is -0.958. The summed E-state index contributed by atoms with van der Waals surface area (Å²) in [5, 5.41) is 14.0. The van der Waals surface area contributed by atoms with Crippen molar-refractivity contribution < 1.29 is 14.7 Å². The predicted octanol–water partition coefficient (Wildman–Crippen LogP) is 0.652. The Bertz CT molecular complexity index is 485. The molecule has 0 radical (unpaired) electrons. The van der Waals surface area contributed by atoms with E-state index in [0.717, 1.165) is 25.9 Å². The van der Waals surface area contributed by atoms with E-state index in [1.165, 1.54) is 11.3 Å². The number of carbonyl (C=O) groups excluding carboxylic acids is 1. The van der Waals surface area contributed by atoms with E-state index in [4.69, 9.17) is 10.8 Å². The second-order valence-corrected chi connectivity index (χ2v) is 5.52. The zero-order valence-electron chi connectivity index (χ0n) is 11.0. The number of nitrogens with zero attached hydrogens (tertiary/aromatic N) is 2. The molecule has 20 heavy (non-hydrogen) atoms. The molecule has 8 heteroatoms. The minimum absolute atomic E-state index is 0.147. The van der Waals surface area contributed by atoms with Crippen molar-refractivity contribution in [2.75, 3.05) is 25.0 Å². The Morgan fingerprint density at radius 2 is 2.20 bits per heavy atom. The summed E-state index contributed by atoms with van der Waals surface area (Å²) in [4.78, 5) is 28.5. The normalized spacial score (nSPS) is 16.1. The minimum Gasteiger partial charge on any atom is -0.480 e. The summed E-state index contributed by atoms with van der Waals surface area (Å²) >= 11 is 1.29. The molecule has 0 saturated carbocycles. The van der Waals surface area contributed by atoms with Crippen LogP contribution in [0.15, 0.2) is 5.38 Å². The van der Waals surface area contributed by atoms with Crippen LogP contribution in [0.25, 0.3) is 0 Å². The van der Waals surface area contributed by atoms with E-state index in [-0.39, 0.29) is 5.91 Å². The zero-order valence-corrected chi connectivity index (χ0v) is 11.9. The number of nitrogens with two attached hydrogens (primary N) is 1. The number of thiazole rings is 1. The summed E-state index contributed by atoms with van der Waals surface area (Å²) in [6.07, 6.45) is 2.59. The van der Waals surface area contributed by atoms with E-state index in [2.05, 4.69) is 10.3 Å². The van der Waals surface area contributed by atoms with Crippen LogP contribution in [0.5, 0.6) is 0 Å². The van der Waals surface area contributed by atoms with Crippen molar-refractivity contribution in [1.82, 2.24) is 9.88 Å². The van der Waals surface area contributed by atoms with Crippen LogP contribution in [0.2, 0.25) is 0 Å². The molecule has 1 aromatic rings. The molecule has 7 nitrogen and oxygen atoms in total. The number of rotatable bonds is 6. The van der Waals surface area contributed by atoms with Crippen LogP contribution in [0.3, 0.4) is 0 Å². The van der Waals surface area contributed by atoms with Gasteiger partial charge in [0.1, 0.15) is 6.04 Å². The van der Waals surface area contributed by atoms with Crippen LogP contribution in [0.1, 0.15) is 31.0 Å². The number of anilines is 1. The second kappa shape index (κ2) is 6.67. The summed E-state index contributed by atoms with van der Waals surface area (Å²) < 4.78 is 0.